The van der Waals surface area contributed by atoms with Gasteiger partial charge in [-0.1, -0.05) is 29.3 Å². The fourth-order valence-corrected chi connectivity index (χ4v) is 1.97. The summed E-state index contributed by atoms with van der Waals surface area (Å²) in [6.07, 6.45) is 3.06. The monoisotopic (exact) mass is 328 g/mol. The molecule has 1 N–H and O–H groups in total. The third-order valence-corrected chi connectivity index (χ3v) is 3.50. The first-order valence-corrected chi connectivity index (χ1v) is 7.42. The van der Waals surface area contributed by atoms with Gasteiger partial charge in [0.2, 0.25) is 11.8 Å². The van der Waals surface area contributed by atoms with E-state index in [1.807, 2.05) is 13.8 Å². The van der Waals surface area contributed by atoms with Crippen molar-refractivity contribution in [3.8, 4) is 0 Å². The number of rotatable bonds is 6. The summed E-state index contributed by atoms with van der Waals surface area (Å²) in [5.74, 6) is -0.398. The van der Waals surface area contributed by atoms with E-state index < -0.39 is 0 Å². The predicted octanol–water partition coefficient (Wildman–Crippen LogP) is 2.99. The van der Waals surface area contributed by atoms with Crippen LogP contribution in [0.2, 0.25) is 10.0 Å². The Morgan fingerprint density at radius 1 is 1.24 bits per heavy atom. The smallest absolute Gasteiger partial charge is 0.247 e. The average molecular weight is 329 g/mol. The molecular weight excluding hydrogens is 311 g/mol. The van der Waals surface area contributed by atoms with Crippen molar-refractivity contribution in [3.05, 3.63) is 39.9 Å². The van der Waals surface area contributed by atoms with Crippen molar-refractivity contribution in [1.29, 1.82) is 0 Å². The van der Waals surface area contributed by atoms with E-state index in [9.17, 15) is 9.59 Å². The van der Waals surface area contributed by atoms with Crippen LogP contribution in [0.15, 0.2) is 24.3 Å². The molecule has 0 unspecified atom stereocenters. The van der Waals surface area contributed by atoms with Crippen LogP contribution >= 0.6 is 23.2 Å². The van der Waals surface area contributed by atoms with Crippen LogP contribution in [0.3, 0.4) is 0 Å². The normalized spacial score (nSPS) is 10.7. The molecule has 0 spiro atoms. The molecule has 0 aliphatic heterocycles. The molecule has 2 amide bonds. The van der Waals surface area contributed by atoms with Crippen molar-refractivity contribution in [1.82, 2.24) is 10.2 Å². The van der Waals surface area contributed by atoms with Crippen molar-refractivity contribution in [2.24, 2.45) is 0 Å². The van der Waals surface area contributed by atoms with E-state index in [0.717, 1.165) is 5.56 Å². The van der Waals surface area contributed by atoms with E-state index in [1.165, 1.54) is 11.0 Å². The second-order valence-corrected chi connectivity index (χ2v) is 5.13. The molecule has 1 rings (SSSR count). The summed E-state index contributed by atoms with van der Waals surface area (Å²) in [4.78, 5) is 25.0. The van der Waals surface area contributed by atoms with E-state index in [2.05, 4.69) is 5.32 Å². The highest BCUT2D eigenvalue weighted by molar-refractivity contribution is 6.42. The highest BCUT2D eigenvalue weighted by atomic mass is 35.5. The number of hydrogen-bond donors (Lipinski definition) is 1. The Morgan fingerprint density at radius 2 is 1.95 bits per heavy atom. The first-order valence-electron chi connectivity index (χ1n) is 6.66. The molecule has 0 aliphatic rings. The summed E-state index contributed by atoms with van der Waals surface area (Å²) in [5.41, 5.74) is 0.770. The predicted molar refractivity (Wildman–Crippen MR) is 86.4 cm³/mol. The molecular formula is C15H18Cl2N2O2. The van der Waals surface area contributed by atoms with Crippen LogP contribution in [0.5, 0.6) is 0 Å². The number of benzene rings is 1. The summed E-state index contributed by atoms with van der Waals surface area (Å²) >= 11 is 11.7. The van der Waals surface area contributed by atoms with Crippen LogP contribution in [0.4, 0.5) is 0 Å². The third-order valence-electron chi connectivity index (χ3n) is 2.76. The van der Waals surface area contributed by atoms with Crippen molar-refractivity contribution in [2.45, 2.75) is 13.8 Å². The van der Waals surface area contributed by atoms with Crippen LogP contribution in [0.1, 0.15) is 19.4 Å². The van der Waals surface area contributed by atoms with Crippen LogP contribution in [0.25, 0.3) is 6.08 Å². The maximum atomic E-state index is 12.0. The zero-order valence-corrected chi connectivity index (χ0v) is 13.5. The lowest BCUT2D eigenvalue weighted by Gasteiger charge is -2.18. The molecule has 0 radical (unpaired) electrons. The Labute approximate surface area is 134 Å². The molecule has 1 aromatic carbocycles. The van der Waals surface area contributed by atoms with E-state index in [-0.39, 0.29) is 18.4 Å². The Balaban J connectivity index is 2.70. The number of nitrogens with zero attached hydrogens (tertiary/aromatic N) is 1. The topological polar surface area (TPSA) is 49.4 Å². The van der Waals surface area contributed by atoms with Crippen LogP contribution in [0, 0.1) is 0 Å². The minimum Gasteiger partial charge on any atom is -0.355 e. The molecule has 0 saturated heterocycles. The molecule has 0 fully saturated rings. The van der Waals surface area contributed by atoms with Gasteiger partial charge in [0.25, 0.3) is 0 Å². The molecule has 0 bridgehead atoms. The Hall–Kier alpha value is -1.52. The molecule has 0 heterocycles. The molecule has 21 heavy (non-hydrogen) atoms. The molecule has 0 aliphatic carbocycles. The van der Waals surface area contributed by atoms with Gasteiger partial charge in [-0.15, -0.1) is 0 Å². The minimum atomic E-state index is -0.227. The standard InChI is InChI=1S/C15H18Cl2N2O2/c1-3-18-14(20)10-19(4-2)15(21)8-6-11-5-7-12(16)13(17)9-11/h5-9H,3-4,10H2,1-2H3,(H,18,20). The Kier molecular flexibility index (Phi) is 7.26. The lowest BCUT2D eigenvalue weighted by atomic mass is 10.2. The molecule has 0 aromatic heterocycles. The average Bonchev–Trinajstić information content (AvgIpc) is 2.46. The number of carbonyl (C=O) groups excluding carboxylic acids is 2. The highest BCUT2D eigenvalue weighted by Gasteiger charge is 2.12. The van der Waals surface area contributed by atoms with Gasteiger partial charge in [-0.25, -0.2) is 0 Å². The zero-order chi connectivity index (χ0) is 15.8. The zero-order valence-electron chi connectivity index (χ0n) is 12.0. The Morgan fingerprint density at radius 3 is 2.52 bits per heavy atom. The van der Waals surface area contributed by atoms with E-state index in [1.54, 1.807) is 24.3 Å². The van der Waals surface area contributed by atoms with Crippen LogP contribution in [-0.4, -0.2) is 36.3 Å². The van der Waals surface area contributed by atoms with Gasteiger partial charge in [-0.3, -0.25) is 9.59 Å². The number of nitrogens with one attached hydrogen (secondary N) is 1. The van der Waals surface area contributed by atoms with E-state index in [0.29, 0.717) is 23.1 Å². The fraction of sp³-hybridized carbons (Fsp3) is 0.333. The molecule has 4 nitrogen and oxygen atoms in total. The number of carbonyl (C=O) groups is 2. The molecule has 0 saturated carbocycles. The van der Waals surface area contributed by atoms with Gasteiger partial charge in [-0.05, 0) is 37.6 Å². The lowest BCUT2D eigenvalue weighted by molar-refractivity contribution is -0.132. The summed E-state index contributed by atoms with van der Waals surface area (Å²) in [5, 5.41) is 3.56. The van der Waals surface area contributed by atoms with E-state index >= 15 is 0 Å². The summed E-state index contributed by atoms with van der Waals surface area (Å²) in [6, 6.07) is 5.10. The van der Waals surface area contributed by atoms with Gasteiger partial charge < -0.3 is 10.2 Å². The summed E-state index contributed by atoms with van der Waals surface area (Å²) in [6.45, 7) is 4.71. The van der Waals surface area contributed by atoms with Crippen molar-refractivity contribution >= 4 is 41.1 Å². The van der Waals surface area contributed by atoms with E-state index in [4.69, 9.17) is 23.2 Å². The third kappa shape index (κ3) is 5.78. The number of hydrogen-bond acceptors (Lipinski definition) is 2. The minimum absolute atomic E-state index is 0.0505. The molecule has 114 valence electrons. The Bertz CT molecular complexity index is 544. The molecule has 6 heteroatoms. The maximum absolute atomic E-state index is 12.0. The highest BCUT2D eigenvalue weighted by Crippen LogP contribution is 2.23. The van der Waals surface area contributed by atoms with Crippen LogP contribution < -0.4 is 5.32 Å². The second-order valence-electron chi connectivity index (χ2n) is 4.31. The van der Waals surface area contributed by atoms with Gasteiger partial charge in [0.05, 0.1) is 16.6 Å². The first-order chi connectivity index (χ1) is 9.97. The van der Waals surface area contributed by atoms with Gasteiger partial charge in [-0.2, -0.15) is 0 Å². The van der Waals surface area contributed by atoms with Gasteiger partial charge in [0.1, 0.15) is 0 Å². The largest absolute Gasteiger partial charge is 0.355 e. The van der Waals surface area contributed by atoms with Gasteiger partial charge >= 0.3 is 0 Å². The number of halogens is 2. The first kappa shape index (κ1) is 17.5. The van der Waals surface area contributed by atoms with Crippen molar-refractivity contribution in [3.63, 3.8) is 0 Å². The van der Waals surface area contributed by atoms with Gasteiger partial charge in [0, 0.05) is 19.2 Å². The lowest BCUT2D eigenvalue weighted by Crippen LogP contribution is -2.39. The fourth-order valence-electron chi connectivity index (χ4n) is 1.66. The van der Waals surface area contributed by atoms with Crippen LogP contribution in [-0.2, 0) is 9.59 Å². The SMILES string of the molecule is CCNC(=O)CN(CC)C(=O)C=Cc1ccc(Cl)c(Cl)c1. The summed E-state index contributed by atoms with van der Waals surface area (Å²) < 4.78 is 0. The maximum Gasteiger partial charge on any atom is 0.247 e. The number of likely N-dealkylation sites (N-methyl/N-ethyl adjacent to an activating group) is 2. The molecule has 1 aromatic rings. The molecule has 0 atom stereocenters. The quantitative estimate of drug-likeness (QED) is 0.816. The second kappa shape index (κ2) is 8.70. The number of amides is 2. The summed E-state index contributed by atoms with van der Waals surface area (Å²) in [7, 11) is 0. The van der Waals surface area contributed by atoms with Gasteiger partial charge in [0.15, 0.2) is 0 Å². The van der Waals surface area contributed by atoms with Crippen molar-refractivity contribution in [2.75, 3.05) is 19.6 Å². The van der Waals surface area contributed by atoms with Crippen molar-refractivity contribution < 1.29 is 9.59 Å².